The van der Waals surface area contributed by atoms with Crippen LogP contribution in [0.4, 0.5) is 0 Å². The predicted octanol–water partition coefficient (Wildman–Crippen LogP) is 3.52. The second kappa shape index (κ2) is 11.5. The van der Waals surface area contributed by atoms with Crippen LogP contribution in [0.25, 0.3) is 0 Å². The number of nitrogens with zero attached hydrogens (tertiary/aromatic N) is 2. The molecule has 0 unspecified atom stereocenters. The van der Waals surface area contributed by atoms with E-state index < -0.39 is 0 Å². The van der Waals surface area contributed by atoms with E-state index in [0.717, 1.165) is 55.8 Å². The van der Waals surface area contributed by atoms with E-state index in [-0.39, 0.29) is 0 Å². The van der Waals surface area contributed by atoms with E-state index >= 15 is 0 Å². The third-order valence-corrected chi connectivity index (χ3v) is 4.76. The van der Waals surface area contributed by atoms with E-state index in [1.54, 1.807) is 0 Å². The highest BCUT2D eigenvalue weighted by molar-refractivity contribution is 5.40. The summed E-state index contributed by atoms with van der Waals surface area (Å²) >= 11 is 0. The molecule has 0 aromatic heterocycles. The fourth-order valence-corrected chi connectivity index (χ4v) is 3.33. The quantitative estimate of drug-likeness (QED) is 0.543. The number of hydrogen-bond acceptors (Lipinski definition) is 6. The lowest BCUT2D eigenvalue weighted by Gasteiger charge is -2.19. The van der Waals surface area contributed by atoms with Crippen molar-refractivity contribution in [2.75, 3.05) is 59.3 Å². The van der Waals surface area contributed by atoms with Crippen LogP contribution in [0.2, 0.25) is 0 Å². The molecule has 0 spiro atoms. The molecular weight excluding hydrogens is 368 g/mol. The molecule has 1 aliphatic rings. The lowest BCUT2D eigenvalue weighted by molar-refractivity contribution is 0.179. The van der Waals surface area contributed by atoms with E-state index in [4.69, 9.17) is 18.9 Å². The largest absolute Gasteiger partial charge is 0.490 e. The summed E-state index contributed by atoms with van der Waals surface area (Å²) in [7, 11) is 0. The van der Waals surface area contributed by atoms with Crippen LogP contribution in [0.1, 0.15) is 13.8 Å². The number of ether oxygens (including phenoxy) is 4. The molecule has 1 heterocycles. The highest BCUT2D eigenvalue weighted by atomic mass is 16.5. The van der Waals surface area contributed by atoms with Gasteiger partial charge in [0.05, 0.1) is 19.9 Å². The van der Waals surface area contributed by atoms with Crippen molar-refractivity contribution >= 4 is 0 Å². The van der Waals surface area contributed by atoms with Gasteiger partial charge >= 0.3 is 0 Å². The Bertz CT molecular complexity index is 679. The molecule has 0 saturated carbocycles. The van der Waals surface area contributed by atoms with Gasteiger partial charge in [-0.05, 0) is 38.1 Å². The van der Waals surface area contributed by atoms with Crippen LogP contribution in [-0.4, -0.2) is 69.1 Å². The summed E-state index contributed by atoms with van der Waals surface area (Å²) in [6.07, 6.45) is 0. The fraction of sp³-hybridized carbons (Fsp3) is 0.478. The summed E-state index contributed by atoms with van der Waals surface area (Å²) in [5, 5.41) is 0. The van der Waals surface area contributed by atoms with Gasteiger partial charge < -0.3 is 18.9 Å². The van der Waals surface area contributed by atoms with E-state index in [1.165, 1.54) is 0 Å². The molecule has 0 bridgehead atoms. The van der Waals surface area contributed by atoms with Gasteiger partial charge in [0, 0.05) is 26.2 Å². The maximum atomic E-state index is 5.94. The zero-order chi connectivity index (χ0) is 20.3. The molecule has 0 amide bonds. The Morgan fingerprint density at radius 1 is 0.621 bits per heavy atom. The topological polar surface area (TPSA) is 43.4 Å². The summed E-state index contributed by atoms with van der Waals surface area (Å²) < 4.78 is 23.1. The van der Waals surface area contributed by atoms with E-state index in [0.29, 0.717) is 26.4 Å². The Morgan fingerprint density at radius 3 is 1.38 bits per heavy atom. The van der Waals surface area contributed by atoms with Crippen LogP contribution in [0.3, 0.4) is 0 Å². The Morgan fingerprint density at radius 2 is 1.00 bits per heavy atom. The van der Waals surface area contributed by atoms with Crippen molar-refractivity contribution in [2.24, 2.45) is 0 Å². The van der Waals surface area contributed by atoms with Crippen LogP contribution >= 0.6 is 0 Å². The molecule has 6 heteroatoms. The monoisotopic (exact) mass is 400 g/mol. The average molecular weight is 401 g/mol. The van der Waals surface area contributed by atoms with E-state index in [9.17, 15) is 0 Å². The number of benzene rings is 2. The normalized spacial score (nSPS) is 14.7. The Kier molecular flexibility index (Phi) is 8.46. The van der Waals surface area contributed by atoms with Crippen LogP contribution < -0.4 is 18.9 Å². The maximum Gasteiger partial charge on any atom is 0.161 e. The lowest BCUT2D eigenvalue weighted by atomic mass is 10.3. The molecule has 0 radical (unpaired) electrons. The standard InChI is InChI=1S/C23H32N2O4/c1-3-26-20-9-5-7-11-22(20)28-17-15-24-13-14-25(19-24)16-18-29-23-12-8-6-10-21(23)27-4-2/h5-12H,3-4,13-19H2,1-2H3. The van der Waals surface area contributed by atoms with Crippen LogP contribution in [0, 0.1) is 0 Å². The molecule has 2 aromatic carbocycles. The number of para-hydroxylation sites is 4. The smallest absolute Gasteiger partial charge is 0.161 e. The summed E-state index contributed by atoms with van der Waals surface area (Å²) in [5.74, 6) is 3.24. The van der Waals surface area contributed by atoms with Crippen molar-refractivity contribution in [3.8, 4) is 23.0 Å². The zero-order valence-corrected chi connectivity index (χ0v) is 17.5. The molecule has 3 rings (SSSR count). The van der Waals surface area contributed by atoms with E-state index in [1.807, 2.05) is 62.4 Å². The van der Waals surface area contributed by atoms with Crippen molar-refractivity contribution in [1.82, 2.24) is 9.80 Å². The number of hydrogen-bond donors (Lipinski definition) is 0. The fourth-order valence-electron chi connectivity index (χ4n) is 3.33. The summed E-state index contributed by atoms with van der Waals surface area (Å²) in [6, 6.07) is 15.7. The summed E-state index contributed by atoms with van der Waals surface area (Å²) in [6.45, 7) is 11.4. The molecule has 0 aliphatic carbocycles. The zero-order valence-electron chi connectivity index (χ0n) is 17.5. The number of rotatable bonds is 12. The molecule has 1 aliphatic heterocycles. The Balaban J connectivity index is 1.36. The molecule has 6 nitrogen and oxygen atoms in total. The molecule has 0 atom stereocenters. The summed E-state index contributed by atoms with van der Waals surface area (Å²) in [4.78, 5) is 4.80. The van der Waals surface area contributed by atoms with Crippen molar-refractivity contribution < 1.29 is 18.9 Å². The van der Waals surface area contributed by atoms with E-state index in [2.05, 4.69) is 9.80 Å². The first-order valence-electron chi connectivity index (χ1n) is 10.4. The van der Waals surface area contributed by atoms with Crippen molar-refractivity contribution in [1.29, 1.82) is 0 Å². The first-order valence-corrected chi connectivity index (χ1v) is 10.4. The maximum absolute atomic E-state index is 5.94. The third-order valence-electron chi connectivity index (χ3n) is 4.76. The molecule has 158 valence electrons. The highest BCUT2D eigenvalue weighted by Gasteiger charge is 2.19. The van der Waals surface area contributed by atoms with Crippen molar-refractivity contribution in [3.05, 3.63) is 48.5 Å². The summed E-state index contributed by atoms with van der Waals surface area (Å²) in [5.41, 5.74) is 0. The molecule has 29 heavy (non-hydrogen) atoms. The Labute approximate surface area is 173 Å². The third kappa shape index (κ3) is 6.54. The van der Waals surface area contributed by atoms with Gasteiger partial charge in [-0.1, -0.05) is 24.3 Å². The van der Waals surface area contributed by atoms with Crippen LogP contribution in [0.15, 0.2) is 48.5 Å². The van der Waals surface area contributed by atoms with Crippen LogP contribution in [0.5, 0.6) is 23.0 Å². The first-order chi connectivity index (χ1) is 14.3. The minimum absolute atomic E-state index is 0.637. The van der Waals surface area contributed by atoms with Gasteiger partial charge in [-0.15, -0.1) is 0 Å². The molecule has 1 saturated heterocycles. The van der Waals surface area contributed by atoms with Gasteiger partial charge in [-0.25, -0.2) is 0 Å². The van der Waals surface area contributed by atoms with Gasteiger partial charge in [0.2, 0.25) is 0 Å². The van der Waals surface area contributed by atoms with Gasteiger partial charge in [0.25, 0.3) is 0 Å². The SMILES string of the molecule is CCOc1ccccc1OCCN1CCN(CCOc2ccccc2OCC)C1. The van der Waals surface area contributed by atoms with Gasteiger partial charge in [0.15, 0.2) is 23.0 Å². The van der Waals surface area contributed by atoms with Gasteiger partial charge in [-0.2, -0.15) is 0 Å². The second-order valence-electron chi connectivity index (χ2n) is 6.83. The average Bonchev–Trinajstić information content (AvgIpc) is 3.19. The molecule has 1 fully saturated rings. The Hall–Kier alpha value is -2.44. The van der Waals surface area contributed by atoms with Crippen LogP contribution in [-0.2, 0) is 0 Å². The molecule has 0 N–H and O–H groups in total. The van der Waals surface area contributed by atoms with Gasteiger partial charge in [-0.3, -0.25) is 9.80 Å². The minimum Gasteiger partial charge on any atom is -0.490 e. The van der Waals surface area contributed by atoms with Crippen molar-refractivity contribution in [2.45, 2.75) is 13.8 Å². The minimum atomic E-state index is 0.637. The molecule has 2 aromatic rings. The molecular formula is C23H32N2O4. The van der Waals surface area contributed by atoms with Gasteiger partial charge in [0.1, 0.15) is 13.2 Å². The second-order valence-corrected chi connectivity index (χ2v) is 6.83. The highest BCUT2D eigenvalue weighted by Crippen LogP contribution is 2.27. The predicted molar refractivity (Wildman–Crippen MR) is 114 cm³/mol. The first kappa shape index (κ1) is 21.3. The van der Waals surface area contributed by atoms with Crippen molar-refractivity contribution in [3.63, 3.8) is 0 Å². The lowest BCUT2D eigenvalue weighted by Crippen LogP contribution is -2.31.